The number of nitrogens with zero attached hydrogens (tertiary/aromatic N) is 3. The van der Waals surface area contributed by atoms with Crippen LogP contribution >= 0.6 is 0 Å². The van der Waals surface area contributed by atoms with Crippen molar-refractivity contribution in [2.75, 3.05) is 23.8 Å². The number of fused-ring (bicyclic) bond motifs is 1. The number of rotatable bonds is 7. The fourth-order valence-electron chi connectivity index (χ4n) is 5.02. The Labute approximate surface area is 224 Å². The quantitative estimate of drug-likeness (QED) is 0.313. The normalized spacial score (nSPS) is 17.5. The molecule has 204 valence electrons. The van der Waals surface area contributed by atoms with Crippen molar-refractivity contribution < 1.29 is 18.6 Å². The zero-order valence-corrected chi connectivity index (χ0v) is 22.0. The van der Waals surface area contributed by atoms with Crippen LogP contribution in [0.4, 0.5) is 20.4 Å². The zero-order chi connectivity index (χ0) is 27.7. The summed E-state index contributed by atoms with van der Waals surface area (Å²) in [5.74, 6) is -0.801. The van der Waals surface area contributed by atoms with E-state index in [1.807, 2.05) is 18.4 Å². The molecule has 1 aliphatic rings. The maximum Gasteiger partial charge on any atom is 0.223 e. The molecule has 10 heteroatoms. The molecule has 0 bridgehead atoms. The van der Waals surface area contributed by atoms with Crippen LogP contribution in [0.1, 0.15) is 37.6 Å². The molecule has 1 fully saturated rings. The van der Waals surface area contributed by atoms with Gasteiger partial charge in [-0.2, -0.15) is 0 Å². The van der Waals surface area contributed by atoms with Gasteiger partial charge in [-0.05, 0) is 51.5 Å². The average molecular weight is 536 g/mol. The smallest absolute Gasteiger partial charge is 0.223 e. The molecule has 3 heterocycles. The Bertz CT molecular complexity index is 1570. The predicted octanol–water partition coefficient (Wildman–Crippen LogP) is 4.80. The van der Waals surface area contributed by atoms with Gasteiger partial charge in [-0.15, -0.1) is 0 Å². The monoisotopic (exact) mass is 535 g/mol. The van der Waals surface area contributed by atoms with Gasteiger partial charge in [0, 0.05) is 34.9 Å². The molecular weight excluding hydrogens is 504 g/mol. The number of hydrogen-bond donors (Lipinski definition) is 3. The summed E-state index contributed by atoms with van der Waals surface area (Å²) in [7, 11) is 0. The average Bonchev–Trinajstić information content (AvgIpc) is 2.92. The van der Waals surface area contributed by atoms with Crippen LogP contribution in [0.25, 0.3) is 22.2 Å². The largest absolute Gasteiger partial charge is 0.389 e. The van der Waals surface area contributed by atoms with Gasteiger partial charge in [-0.3, -0.25) is 4.79 Å². The van der Waals surface area contributed by atoms with Crippen molar-refractivity contribution >= 4 is 22.5 Å². The van der Waals surface area contributed by atoms with Crippen molar-refractivity contribution in [3.8, 4) is 11.3 Å². The maximum absolute atomic E-state index is 15.0. The minimum Gasteiger partial charge on any atom is -0.389 e. The molecule has 3 N–H and O–H groups in total. The molecule has 0 spiro atoms. The number of aliphatic hydroxyl groups excluding tert-OH is 1. The Kier molecular flexibility index (Phi) is 7.58. The SMILES string of the molecule is Cc1c(CNc2ccccc2F)n(C(C)C)c2cc(-c3nc(N[C@@H]4CCOC[C@H]4O)ncc3F)ccc2c1=O. The third-order valence-corrected chi connectivity index (χ3v) is 7.06. The van der Waals surface area contributed by atoms with Crippen molar-refractivity contribution in [1.82, 2.24) is 14.5 Å². The predicted molar refractivity (Wildman–Crippen MR) is 147 cm³/mol. The number of para-hydroxylation sites is 1. The Hall–Kier alpha value is -3.89. The molecule has 2 atom stereocenters. The summed E-state index contributed by atoms with van der Waals surface area (Å²) in [5, 5.41) is 16.9. The summed E-state index contributed by atoms with van der Waals surface area (Å²) in [5.41, 5.74) is 2.64. The van der Waals surface area contributed by atoms with E-state index in [1.54, 1.807) is 43.3 Å². The third-order valence-electron chi connectivity index (χ3n) is 7.06. The number of nitrogens with one attached hydrogen (secondary N) is 2. The van der Waals surface area contributed by atoms with E-state index < -0.39 is 11.9 Å². The highest BCUT2D eigenvalue weighted by molar-refractivity contribution is 5.85. The van der Waals surface area contributed by atoms with Crippen molar-refractivity contribution in [2.24, 2.45) is 0 Å². The van der Waals surface area contributed by atoms with Crippen LogP contribution in [0.5, 0.6) is 0 Å². The van der Waals surface area contributed by atoms with Crippen LogP contribution in [-0.2, 0) is 11.3 Å². The van der Waals surface area contributed by atoms with E-state index in [4.69, 9.17) is 4.74 Å². The number of hydrogen-bond acceptors (Lipinski definition) is 7. The van der Waals surface area contributed by atoms with Gasteiger partial charge in [0.1, 0.15) is 11.5 Å². The highest BCUT2D eigenvalue weighted by atomic mass is 19.1. The van der Waals surface area contributed by atoms with Crippen LogP contribution in [0.3, 0.4) is 0 Å². The lowest BCUT2D eigenvalue weighted by molar-refractivity contribution is -0.0136. The van der Waals surface area contributed by atoms with Crippen LogP contribution < -0.4 is 16.1 Å². The summed E-state index contributed by atoms with van der Waals surface area (Å²) < 4.78 is 36.5. The van der Waals surface area contributed by atoms with Gasteiger partial charge in [0.05, 0.1) is 42.7 Å². The number of halogens is 2. The van der Waals surface area contributed by atoms with E-state index in [0.717, 1.165) is 6.20 Å². The molecule has 1 aliphatic heterocycles. The number of aromatic nitrogens is 3. The minimum atomic E-state index is -0.725. The molecule has 0 radical (unpaired) electrons. The first-order valence-electron chi connectivity index (χ1n) is 13.0. The molecule has 39 heavy (non-hydrogen) atoms. The first kappa shape index (κ1) is 26.7. The van der Waals surface area contributed by atoms with Crippen LogP contribution in [-0.4, -0.2) is 45.0 Å². The third kappa shape index (κ3) is 5.35. The molecule has 0 saturated carbocycles. The second kappa shape index (κ2) is 11.1. The van der Waals surface area contributed by atoms with Gasteiger partial charge in [0.2, 0.25) is 5.95 Å². The number of benzene rings is 2. The van der Waals surface area contributed by atoms with Crippen molar-refractivity contribution in [1.29, 1.82) is 0 Å². The maximum atomic E-state index is 15.0. The first-order chi connectivity index (χ1) is 18.7. The van der Waals surface area contributed by atoms with E-state index in [2.05, 4.69) is 20.6 Å². The second-order valence-corrected chi connectivity index (χ2v) is 10.0. The molecule has 4 aromatic rings. The second-order valence-electron chi connectivity index (χ2n) is 10.0. The topological polar surface area (TPSA) is 101 Å². The lowest BCUT2D eigenvalue weighted by atomic mass is 10.0. The van der Waals surface area contributed by atoms with E-state index in [1.165, 1.54) is 6.07 Å². The Morgan fingerprint density at radius 2 is 1.97 bits per heavy atom. The fraction of sp³-hybridized carbons (Fsp3) is 0.345. The van der Waals surface area contributed by atoms with E-state index in [-0.39, 0.29) is 48.1 Å². The summed E-state index contributed by atoms with van der Waals surface area (Å²) in [6.45, 7) is 6.68. The van der Waals surface area contributed by atoms with Gasteiger partial charge in [0.25, 0.3) is 0 Å². The lowest BCUT2D eigenvalue weighted by Gasteiger charge is -2.28. The number of pyridine rings is 1. The molecule has 2 aromatic carbocycles. The van der Waals surface area contributed by atoms with Crippen LogP contribution in [0, 0.1) is 18.6 Å². The number of ether oxygens (including phenoxy) is 1. The molecule has 0 aliphatic carbocycles. The molecule has 0 unspecified atom stereocenters. The van der Waals surface area contributed by atoms with Gasteiger partial charge in [-0.1, -0.05) is 18.2 Å². The number of anilines is 2. The minimum absolute atomic E-state index is 0.0537. The summed E-state index contributed by atoms with van der Waals surface area (Å²) in [4.78, 5) is 21.8. The lowest BCUT2D eigenvalue weighted by Crippen LogP contribution is -2.42. The van der Waals surface area contributed by atoms with Gasteiger partial charge < -0.3 is 25.0 Å². The number of aliphatic hydroxyl groups is 1. The molecule has 8 nitrogen and oxygen atoms in total. The molecular formula is C29H31F2N5O3. The zero-order valence-electron chi connectivity index (χ0n) is 22.0. The van der Waals surface area contributed by atoms with Gasteiger partial charge in [-0.25, -0.2) is 18.7 Å². The Balaban J connectivity index is 1.57. The molecule has 1 saturated heterocycles. The van der Waals surface area contributed by atoms with Crippen molar-refractivity contribution in [2.45, 2.75) is 51.9 Å². The summed E-state index contributed by atoms with van der Waals surface area (Å²) in [6, 6.07) is 11.1. The molecule has 0 amide bonds. The van der Waals surface area contributed by atoms with Crippen LogP contribution in [0.2, 0.25) is 0 Å². The van der Waals surface area contributed by atoms with E-state index in [9.17, 15) is 14.3 Å². The van der Waals surface area contributed by atoms with Crippen LogP contribution in [0.15, 0.2) is 53.5 Å². The van der Waals surface area contributed by atoms with E-state index >= 15 is 4.39 Å². The van der Waals surface area contributed by atoms with E-state index in [0.29, 0.717) is 46.4 Å². The Morgan fingerprint density at radius 1 is 1.18 bits per heavy atom. The van der Waals surface area contributed by atoms with Gasteiger partial charge in [0.15, 0.2) is 11.2 Å². The molecule has 5 rings (SSSR count). The Morgan fingerprint density at radius 3 is 2.72 bits per heavy atom. The van der Waals surface area contributed by atoms with Gasteiger partial charge >= 0.3 is 0 Å². The standard InChI is InChI=1S/C29H31F2N5O3/c1-16(2)36-24-12-18(27-21(31)13-33-29(35-27)34-23-10-11-39-15-26(23)37)8-9-19(24)28(38)17(3)25(36)14-32-22-7-5-4-6-20(22)30/h4-9,12-13,16,23,26,32,37H,10-11,14-15H2,1-3H3,(H,33,34,35)/t23-,26-/m1/s1. The first-order valence-corrected chi connectivity index (χ1v) is 13.0. The van der Waals surface area contributed by atoms with Crippen molar-refractivity contribution in [3.63, 3.8) is 0 Å². The highest BCUT2D eigenvalue weighted by Crippen LogP contribution is 2.29. The highest BCUT2D eigenvalue weighted by Gasteiger charge is 2.25. The molecule has 2 aromatic heterocycles. The van der Waals surface area contributed by atoms with Crippen molar-refractivity contribution in [3.05, 3.63) is 81.8 Å². The fourth-order valence-corrected chi connectivity index (χ4v) is 5.02. The summed E-state index contributed by atoms with van der Waals surface area (Å²) in [6.07, 6.45) is 0.933. The summed E-state index contributed by atoms with van der Waals surface area (Å²) >= 11 is 0.